The average molecular weight is 338 g/mol. The lowest BCUT2D eigenvalue weighted by atomic mass is 10.2. The van der Waals surface area contributed by atoms with Crippen LogP contribution in [-0.2, 0) is 17.8 Å². The number of hydrogen-bond acceptors (Lipinski definition) is 3. The standard InChI is InChI=1S/C15H20BrN3O/c1-12-18-10-15(9-17-7-8-20-2)19(12)11-13-3-5-14(16)6-4-13/h3-6,10,17H,7-9,11H2,1-2H3. The fourth-order valence-corrected chi connectivity index (χ4v) is 2.30. The molecule has 0 aliphatic heterocycles. The monoisotopic (exact) mass is 337 g/mol. The molecular formula is C15H20BrN3O. The van der Waals surface area contributed by atoms with E-state index in [1.54, 1.807) is 7.11 Å². The molecule has 1 aromatic heterocycles. The number of rotatable bonds is 7. The van der Waals surface area contributed by atoms with Gasteiger partial charge in [-0.3, -0.25) is 0 Å². The normalized spacial score (nSPS) is 10.9. The van der Waals surface area contributed by atoms with E-state index in [4.69, 9.17) is 4.74 Å². The van der Waals surface area contributed by atoms with Gasteiger partial charge in [0, 0.05) is 37.4 Å². The number of ether oxygens (including phenoxy) is 1. The van der Waals surface area contributed by atoms with Crippen LogP contribution in [0.25, 0.3) is 0 Å². The summed E-state index contributed by atoms with van der Waals surface area (Å²) in [5.41, 5.74) is 2.47. The minimum Gasteiger partial charge on any atom is -0.383 e. The van der Waals surface area contributed by atoms with Gasteiger partial charge in [0.2, 0.25) is 0 Å². The van der Waals surface area contributed by atoms with Crippen molar-refractivity contribution in [2.24, 2.45) is 0 Å². The van der Waals surface area contributed by atoms with Gasteiger partial charge in [0.15, 0.2) is 0 Å². The minimum atomic E-state index is 0.722. The fourth-order valence-electron chi connectivity index (χ4n) is 2.04. The molecule has 1 aromatic carbocycles. The summed E-state index contributed by atoms with van der Waals surface area (Å²) < 4.78 is 8.37. The zero-order valence-electron chi connectivity index (χ0n) is 11.9. The molecule has 0 spiro atoms. The average Bonchev–Trinajstić information content (AvgIpc) is 2.79. The van der Waals surface area contributed by atoms with Crippen molar-refractivity contribution in [3.8, 4) is 0 Å². The van der Waals surface area contributed by atoms with Crippen LogP contribution < -0.4 is 5.32 Å². The first-order valence-electron chi connectivity index (χ1n) is 6.66. The van der Waals surface area contributed by atoms with Gasteiger partial charge in [0.1, 0.15) is 5.82 Å². The number of aryl methyl sites for hydroxylation is 1. The molecule has 4 nitrogen and oxygen atoms in total. The van der Waals surface area contributed by atoms with Crippen LogP contribution in [0.4, 0.5) is 0 Å². The Labute approximate surface area is 128 Å². The lowest BCUT2D eigenvalue weighted by Gasteiger charge is -2.11. The van der Waals surface area contributed by atoms with Gasteiger partial charge in [-0.05, 0) is 24.6 Å². The van der Waals surface area contributed by atoms with Crippen molar-refractivity contribution in [2.45, 2.75) is 20.0 Å². The largest absolute Gasteiger partial charge is 0.383 e. The second-order valence-corrected chi connectivity index (χ2v) is 5.59. The summed E-state index contributed by atoms with van der Waals surface area (Å²) >= 11 is 3.46. The molecule has 2 aromatic rings. The highest BCUT2D eigenvalue weighted by Gasteiger charge is 2.07. The molecule has 0 amide bonds. The molecule has 108 valence electrons. The molecule has 0 bridgehead atoms. The Hall–Kier alpha value is -1.17. The molecule has 0 atom stereocenters. The van der Waals surface area contributed by atoms with E-state index in [1.807, 2.05) is 13.1 Å². The van der Waals surface area contributed by atoms with Gasteiger partial charge < -0.3 is 14.6 Å². The number of nitrogens with one attached hydrogen (secondary N) is 1. The van der Waals surface area contributed by atoms with Crippen LogP contribution in [0.5, 0.6) is 0 Å². The zero-order chi connectivity index (χ0) is 14.4. The molecule has 0 fully saturated rings. The van der Waals surface area contributed by atoms with E-state index in [0.29, 0.717) is 0 Å². The molecule has 0 radical (unpaired) electrons. The van der Waals surface area contributed by atoms with E-state index in [0.717, 1.165) is 36.5 Å². The Morgan fingerprint density at radius 1 is 1.30 bits per heavy atom. The van der Waals surface area contributed by atoms with Crippen LogP contribution in [0.2, 0.25) is 0 Å². The molecule has 1 N–H and O–H groups in total. The number of methoxy groups -OCH3 is 1. The van der Waals surface area contributed by atoms with Gasteiger partial charge in [-0.15, -0.1) is 0 Å². The summed E-state index contributed by atoms with van der Waals surface area (Å²) in [5, 5.41) is 3.36. The Morgan fingerprint density at radius 2 is 2.05 bits per heavy atom. The molecule has 1 heterocycles. The summed E-state index contributed by atoms with van der Waals surface area (Å²) in [4.78, 5) is 4.41. The van der Waals surface area contributed by atoms with Crippen LogP contribution in [-0.4, -0.2) is 29.8 Å². The molecule has 20 heavy (non-hydrogen) atoms. The van der Waals surface area contributed by atoms with E-state index in [-0.39, 0.29) is 0 Å². The van der Waals surface area contributed by atoms with E-state index >= 15 is 0 Å². The van der Waals surface area contributed by atoms with Crippen molar-refractivity contribution in [3.63, 3.8) is 0 Å². The van der Waals surface area contributed by atoms with E-state index in [2.05, 4.69) is 55.1 Å². The van der Waals surface area contributed by atoms with Crippen LogP contribution in [0, 0.1) is 6.92 Å². The SMILES string of the molecule is COCCNCc1cnc(C)n1Cc1ccc(Br)cc1. The third-order valence-electron chi connectivity index (χ3n) is 3.18. The maximum atomic E-state index is 5.03. The quantitative estimate of drug-likeness (QED) is 0.789. The fraction of sp³-hybridized carbons (Fsp3) is 0.400. The molecule has 0 aliphatic rings. The van der Waals surface area contributed by atoms with Crippen molar-refractivity contribution in [2.75, 3.05) is 20.3 Å². The smallest absolute Gasteiger partial charge is 0.106 e. The van der Waals surface area contributed by atoms with E-state index in [1.165, 1.54) is 11.3 Å². The van der Waals surface area contributed by atoms with Gasteiger partial charge in [-0.2, -0.15) is 0 Å². The minimum absolute atomic E-state index is 0.722. The van der Waals surface area contributed by atoms with Crippen molar-refractivity contribution in [1.82, 2.24) is 14.9 Å². The second-order valence-electron chi connectivity index (χ2n) is 4.68. The van der Waals surface area contributed by atoms with Crippen molar-refractivity contribution in [1.29, 1.82) is 0 Å². The Kier molecular flexibility index (Phi) is 5.76. The summed E-state index contributed by atoms with van der Waals surface area (Å²) in [7, 11) is 1.71. The number of hydrogen-bond donors (Lipinski definition) is 1. The summed E-state index contributed by atoms with van der Waals surface area (Å²) in [6, 6.07) is 8.40. The Morgan fingerprint density at radius 3 is 2.75 bits per heavy atom. The molecule has 0 unspecified atom stereocenters. The maximum Gasteiger partial charge on any atom is 0.106 e. The molecule has 2 rings (SSSR count). The lowest BCUT2D eigenvalue weighted by Crippen LogP contribution is -2.21. The lowest BCUT2D eigenvalue weighted by molar-refractivity contribution is 0.199. The Bertz CT molecular complexity index is 537. The van der Waals surface area contributed by atoms with Gasteiger partial charge in [-0.25, -0.2) is 4.98 Å². The predicted molar refractivity (Wildman–Crippen MR) is 83.8 cm³/mol. The molecule has 0 saturated heterocycles. The van der Waals surface area contributed by atoms with Gasteiger partial charge in [0.25, 0.3) is 0 Å². The van der Waals surface area contributed by atoms with Crippen LogP contribution in [0.3, 0.4) is 0 Å². The molecular weight excluding hydrogens is 318 g/mol. The molecule has 5 heteroatoms. The topological polar surface area (TPSA) is 39.1 Å². The van der Waals surface area contributed by atoms with Gasteiger partial charge >= 0.3 is 0 Å². The predicted octanol–water partition coefficient (Wildman–Crippen LogP) is 2.74. The van der Waals surface area contributed by atoms with Crippen molar-refractivity contribution in [3.05, 3.63) is 52.0 Å². The second kappa shape index (κ2) is 7.57. The highest BCUT2D eigenvalue weighted by atomic mass is 79.9. The first kappa shape index (κ1) is 15.2. The van der Waals surface area contributed by atoms with E-state index in [9.17, 15) is 0 Å². The highest BCUT2D eigenvalue weighted by molar-refractivity contribution is 9.10. The maximum absolute atomic E-state index is 5.03. The zero-order valence-corrected chi connectivity index (χ0v) is 13.5. The Balaban J connectivity index is 2.03. The van der Waals surface area contributed by atoms with E-state index < -0.39 is 0 Å². The van der Waals surface area contributed by atoms with Crippen LogP contribution in [0.15, 0.2) is 34.9 Å². The van der Waals surface area contributed by atoms with Crippen molar-refractivity contribution >= 4 is 15.9 Å². The molecule has 0 saturated carbocycles. The number of imidazole rings is 1. The molecule has 0 aliphatic carbocycles. The third-order valence-corrected chi connectivity index (χ3v) is 3.71. The first-order valence-corrected chi connectivity index (χ1v) is 7.45. The number of nitrogens with zero attached hydrogens (tertiary/aromatic N) is 2. The highest BCUT2D eigenvalue weighted by Crippen LogP contribution is 2.14. The van der Waals surface area contributed by atoms with Gasteiger partial charge in [0.05, 0.1) is 12.3 Å². The van der Waals surface area contributed by atoms with Gasteiger partial charge in [-0.1, -0.05) is 28.1 Å². The number of aromatic nitrogens is 2. The van der Waals surface area contributed by atoms with Crippen LogP contribution >= 0.6 is 15.9 Å². The third kappa shape index (κ3) is 4.16. The summed E-state index contributed by atoms with van der Waals surface area (Å²) in [6.45, 7) is 5.26. The van der Waals surface area contributed by atoms with Crippen LogP contribution in [0.1, 0.15) is 17.1 Å². The van der Waals surface area contributed by atoms with Crippen molar-refractivity contribution < 1.29 is 4.74 Å². The summed E-state index contributed by atoms with van der Waals surface area (Å²) in [6.07, 6.45) is 1.94. The number of halogens is 1. The number of benzene rings is 1. The summed E-state index contributed by atoms with van der Waals surface area (Å²) in [5.74, 6) is 1.04. The first-order chi connectivity index (χ1) is 9.70.